The SMILES string of the molecule is CCC(=O)COC(=O)C(O)(CC(=O)OC(=O)O)CC(=O)OC(=O)O. The van der Waals surface area contributed by atoms with E-state index in [4.69, 9.17) is 10.2 Å². The lowest BCUT2D eigenvalue weighted by molar-refractivity contribution is -0.176. The molecule has 134 valence electrons. The Balaban J connectivity index is 5.16. The second-order valence-corrected chi connectivity index (χ2v) is 4.33. The number of hydrogen-bond donors (Lipinski definition) is 3. The van der Waals surface area contributed by atoms with Gasteiger partial charge in [0.1, 0.15) is 6.61 Å². The molecule has 0 amide bonds. The van der Waals surface area contributed by atoms with Crippen LogP contribution in [0.25, 0.3) is 0 Å². The van der Waals surface area contributed by atoms with Gasteiger partial charge >= 0.3 is 30.2 Å². The fourth-order valence-corrected chi connectivity index (χ4v) is 1.33. The number of carbonyl (C=O) groups excluding carboxylic acids is 4. The van der Waals surface area contributed by atoms with E-state index in [1.54, 1.807) is 0 Å². The second-order valence-electron chi connectivity index (χ2n) is 4.33. The summed E-state index contributed by atoms with van der Waals surface area (Å²) in [7, 11) is 0. The lowest BCUT2D eigenvalue weighted by atomic mass is 9.95. The van der Waals surface area contributed by atoms with E-state index in [2.05, 4.69) is 14.2 Å². The molecular formula is C12H14O12. The van der Waals surface area contributed by atoms with Crippen molar-refractivity contribution < 1.29 is 58.3 Å². The summed E-state index contributed by atoms with van der Waals surface area (Å²) in [5, 5.41) is 26.6. The van der Waals surface area contributed by atoms with Gasteiger partial charge in [-0.1, -0.05) is 6.92 Å². The third-order valence-electron chi connectivity index (χ3n) is 2.41. The number of carbonyl (C=O) groups is 6. The number of carboxylic acid groups (broad SMARTS) is 2. The summed E-state index contributed by atoms with van der Waals surface area (Å²) in [6.07, 6.45) is -6.79. The van der Waals surface area contributed by atoms with E-state index >= 15 is 0 Å². The van der Waals surface area contributed by atoms with Crippen LogP contribution in [0.5, 0.6) is 0 Å². The predicted octanol–water partition coefficient (Wildman–Crippen LogP) is -0.538. The molecule has 3 N–H and O–H groups in total. The molecule has 0 radical (unpaired) electrons. The van der Waals surface area contributed by atoms with Gasteiger partial charge in [-0.2, -0.15) is 0 Å². The van der Waals surface area contributed by atoms with E-state index in [-0.39, 0.29) is 6.42 Å². The molecule has 0 aliphatic rings. The van der Waals surface area contributed by atoms with Gasteiger partial charge in [-0.05, 0) is 0 Å². The molecule has 0 fully saturated rings. The number of aliphatic hydroxyl groups is 1. The molecule has 0 aromatic carbocycles. The third-order valence-corrected chi connectivity index (χ3v) is 2.41. The molecule has 0 heterocycles. The van der Waals surface area contributed by atoms with Crippen molar-refractivity contribution in [3.05, 3.63) is 0 Å². The Morgan fingerprint density at radius 2 is 1.29 bits per heavy atom. The minimum Gasteiger partial charge on any atom is -0.456 e. The zero-order valence-electron chi connectivity index (χ0n) is 12.3. The molecule has 0 saturated carbocycles. The largest absolute Gasteiger partial charge is 0.513 e. The molecule has 0 saturated heterocycles. The van der Waals surface area contributed by atoms with E-state index < -0.39 is 61.1 Å². The monoisotopic (exact) mass is 350 g/mol. The normalized spacial score (nSPS) is 10.4. The Hall–Kier alpha value is -3.02. The molecule has 0 aromatic rings. The molecule has 0 unspecified atom stereocenters. The Morgan fingerprint density at radius 1 is 0.875 bits per heavy atom. The van der Waals surface area contributed by atoms with Crippen LogP contribution in [0.4, 0.5) is 9.59 Å². The van der Waals surface area contributed by atoms with Gasteiger partial charge < -0.3 is 29.5 Å². The summed E-state index contributed by atoms with van der Waals surface area (Å²) in [5.74, 6) is -5.42. The van der Waals surface area contributed by atoms with Crippen LogP contribution in [-0.4, -0.2) is 63.5 Å². The zero-order valence-corrected chi connectivity index (χ0v) is 12.3. The maximum Gasteiger partial charge on any atom is 0.513 e. The summed E-state index contributed by atoms with van der Waals surface area (Å²) < 4.78 is 11.8. The maximum atomic E-state index is 11.8. The molecule has 0 rings (SSSR count). The van der Waals surface area contributed by atoms with Gasteiger partial charge in [0, 0.05) is 6.42 Å². The number of Topliss-reactive ketones (excluding diaryl/α,β-unsaturated/α-hetero) is 1. The van der Waals surface area contributed by atoms with Gasteiger partial charge in [-0.3, -0.25) is 14.4 Å². The molecule has 0 spiro atoms. The Labute approximate surface area is 133 Å². The molecule has 12 heteroatoms. The summed E-state index contributed by atoms with van der Waals surface area (Å²) in [6, 6.07) is 0. The number of ketones is 1. The Kier molecular flexibility index (Phi) is 8.04. The summed E-state index contributed by atoms with van der Waals surface area (Å²) in [6.45, 7) is 0.677. The van der Waals surface area contributed by atoms with Crippen molar-refractivity contribution in [2.75, 3.05) is 6.61 Å². The minimum absolute atomic E-state index is 0.00613. The third kappa shape index (κ3) is 7.84. The van der Waals surface area contributed by atoms with Crippen LogP contribution in [0.15, 0.2) is 0 Å². The highest BCUT2D eigenvalue weighted by molar-refractivity contribution is 5.94. The topological polar surface area (TPSA) is 191 Å². The van der Waals surface area contributed by atoms with E-state index in [0.717, 1.165) is 0 Å². The highest BCUT2D eigenvalue weighted by Gasteiger charge is 2.44. The van der Waals surface area contributed by atoms with Crippen LogP contribution < -0.4 is 0 Å². The van der Waals surface area contributed by atoms with Gasteiger partial charge in [-0.25, -0.2) is 14.4 Å². The lowest BCUT2D eigenvalue weighted by Crippen LogP contribution is -2.45. The molecule has 0 aromatic heterocycles. The van der Waals surface area contributed by atoms with E-state index in [0.29, 0.717) is 0 Å². The van der Waals surface area contributed by atoms with Crippen molar-refractivity contribution in [3.8, 4) is 0 Å². The van der Waals surface area contributed by atoms with E-state index in [1.165, 1.54) is 6.92 Å². The molecule has 0 aliphatic carbocycles. The van der Waals surface area contributed by atoms with Crippen LogP contribution in [-0.2, 0) is 33.4 Å². The van der Waals surface area contributed by atoms with Crippen molar-refractivity contribution in [3.63, 3.8) is 0 Å². The fraction of sp³-hybridized carbons (Fsp3) is 0.500. The van der Waals surface area contributed by atoms with Crippen LogP contribution in [0.3, 0.4) is 0 Å². The average molecular weight is 350 g/mol. The smallest absolute Gasteiger partial charge is 0.456 e. The van der Waals surface area contributed by atoms with Gasteiger partial charge in [0.15, 0.2) is 11.4 Å². The van der Waals surface area contributed by atoms with Crippen molar-refractivity contribution >= 4 is 36.0 Å². The fourth-order valence-electron chi connectivity index (χ4n) is 1.33. The molecular weight excluding hydrogens is 336 g/mol. The first-order chi connectivity index (χ1) is 11.0. The highest BCUT2D eigenvalue weighted by atomic mass is 16.7. The van der Waals surface area contributed by atoms with Crippen LogP contribution in [0.2, 0.25) is 0 Å². The van der Waals surface area contributed by atoms with Crippen LogP contribution in [0, 0.1) is 0 Å². The number of hydrogen-bond acceptors (Lipinski definition) is 10. The Bertz CT molecular complexity index is 518. The second kappa shape index (κ2) is 9.19. The van der Waals surface area contributed by atoms with Crippen molar-refractivity contribution in [2.24, 2.45) is 0 Å². The van der Waals surface area contributed by atoms with Crippen molar-refractivity contribution in [1.82, 2.24) is 0 Å². The lowest BCUT2D eigenvalue weighted by Gasteiger charge is -2.23. The first-order valence-corrected chi connectivity index (χ1v) is 6.28. The van der Waals surface area contributed by atoms with Crippen molar-refractivity contribution in [2.45, 2.75) is 31.8 Å². The minimum atomic E-state index is -2.98. The van der Waals surface area contributed by atoms with Crippen LogP contribution in [0.1, 0.15) is 26.2 Å². The zero-order chi connectivity index (χ0) is 18.9. The maximum absolute atomic E-state index is 11.8. The van der Waals surface area contributed by atoms with Gasteiger partial charge in [0.05, 0.1) is 12.8 Å². The summed E-state index contributed by atoms with van der Waals surface area (Å²) in [5.41, 5.74) is -2.98. The summed E-state index contributed by atoms with van der Waals surface area (Å²) in [4.78, 5) is 65.9. The predicted molar refractivity (Wildman–Crippen MR) is 68.7 cm³/mol. The van der Waals surface area contributed by atoms with E-state index in [1.807, 2.05) is 0 Å². The highest BCUT2D eigenvalue weighted by Crippen LogP contribution is 2.20. The van der Waals surface area contributed by atoms with Crippen molar-refractivity contribution in [1.29, 1.82) is 0 Å². The number of esters is 3. The molecule has 0 aliphatic heterocycles. The van der Waals surface area contributed by atoms with Gasteiger partial charge in [0.2, 0.25) is 0 Å². The number of rotatable bonds is 8. The standard InChI is InChI=1S/C12H14O12/c1-2-6(13)5-22-9(16)12(21,3-7(14)23-10(17)18)4-8(15)24-11(19)20/h21H,2-5H2,1H3,(H,17,18)(H,19,20). The first-order valence-electron chi connectivity index (χ1n) is 6.28. The summed E-state index contributed by atoms with van der Waals surface area (Å²) >= 11 is 0. The quantitative estimate of drug-likeness (QED) is 0.288. The van der Waals surface area contributed by atoms with Gasteiger partial charge in [0.25, 0.3) is 0 Å². The van der Waals surface area contributed by atoms with E-state index in [9.17, 15) is 33.9 Å². The Morgan fingerprint density at radius 3 is 1.62 bits per heavy atom. The molecule has 12 nitrogen and oxygen atoms in total. The molecule has 24 heavy (non-hydrogen) atoms. The molecule has 0 bridgehead atoms. The average Bonchev–Trinajstić information content (AvgIpc) is 2.41. The first kappa shape index (κ1) is 21.0. The van der Waals surface area contributed by atoms with Crippen LogP contribution >= 0.6 is 0 Å². The van der Waals surface area contributed by atoms with Gasteiger partial charge in [-0.15, -0.1) is 0 Å². The number of ether oxygens (including phenoxy) is 3. The molecule has 0 atom stereocenters.